The van der Waals surface area contributed by atoms with E-state index in [4.69, 9.17) is 0 Å². The highest BCUT2D eigenvalue weighted by molar-refractivity contribution is 9.25. The van der Waals surface area contributed by atoms with Gasteiger partial charge in [-0.15, -0.1) is 0 Å². The first kappa shape index (κ1) is 11.5. The van der Waals surface area contributed by atoms with Crippen molar-refractivity contribution in [3.63, 3.8) is 0 Å². The largest absolute Gasteiger partial charge is 0.298 e. The van der Waals surface area contributed by atoms with Crippen LogP contribution in [0.1, 0.15) is 6.92 Å². The van der Waals surface area contributed by atoms with Crippen LogP contribution in [0.25, 0.3) is 0 Å². The molecule has 0 unspecified atom stereocenters. The van der Waals surface area contributed by atoms with Gasteiger partial charge in [0.15, 0.2) is 12.1 Å². The standard InChI is InChI=1S/C6H5Br3O2/c1-6(8,9)5(11)4(2-7)3-10/h2-3H,1H3. The molecule has 0 aliphatic carbocycles. The van der Waals surface area contributed by atoms with Gasteiger partial charge in [-0.3, -0.25) is 9.59 Å². The Balaban J connectivity index is 4.62. The maximum Gasteiger partial charge on any atom is 0.193 e. The van der Waals surface area contributed by atoms with Crippen molar-refractivity contribution in [2.24, 2.45) is 0 Å². The first-order valence-electron chi connectivity index (χ1n) is 2.61. The zero-order valence-electron chi connectivity index (χ0n) is 5.61. The minimum Gasteiger partial charge on any atom is -0.298 e. The lowest BCUT2D eigenvalue weighted by Crippen LogP contribution is -2.22. The van der Waals surface area contributed by atoms with E-state index in [-0.39, 0.29) is 11.4 Å². The fourth-order valence-electron chi connectivity index (χ4n) is 0.382. The molecule has 0 aromatic heterocycles. The molecule has 0 bridgehead atoms. The van der Waals surface area contributed by atoms with Crippen LogP contribution in [-0.2, 0) is 9.59 Å². The van der Waals surface area contributed by atoms with Crippen molar-refractivity contribution in [2.45, 2.75) is 10.2 Å². The van der Waals surface area contributed by atoms with Gasteiger partial charge in [-0.05, 0) is 11.9 Å². The summed E-state index contributed by atoms with van der Waals surface area (Å²) in [4.78, 5) is 22.8. The second kappa shape index (κ2) is 4.52. The number of carbonyl (C=O) groups excluding carboxylic acids is 2. The summed E-state index contributed by atoms with van der Waals surface area (Å²) in [6.07, 6.45) is 0.498. The molecule has 0 saturated heterocycles. The Morgan fingerprint density at radius 3 is 2.00 bits per heavy atom. The Hall–Kier alpha value is 0.520. The molecule has 0 aliphatic rings. The molecule has 11 heavy (non-hydrogen) atoms. The van der Waals surface area contributed by atoms with Crippen molar-refractivity contribution in [3.05, 3.63) is 10.6 Å². The highest BCUT2D eigenvalue weighted by Gasteiger charge is 2.28. The highest BCUT2D eigenvalue weighted by atomic mass is 79.9. The summed E-state index contributed by atoms with van der Waals surface area (Å²) < 4.78 is -0.861. The van der Waals surface area contributed by atoms with E-state index in [1.54, 1.807) is 6.92 Å². The number of aldehydes is 1. The third kappa shape index (κ3) is 3.62. The van der Waals surface area contributed by atoms with Gasteiger partial charge < -0.3 is 0 Å². The maximum atomic E-state index is 11.2. The maximum absolute atomic E-state index is 11.2. The summed E-state index contributed by atoms with van der Waals surface area (Å²) >= 11 is 9.06. The molecular formula is C6H5Br3O2. The highest BCUT2D eigenvalue weighted by Crippen LogP contribution is 2.28. The van der Waals surface area contributed by atoms with Crippen molar-refractivity contribution in [1.29, 1.82) is 0 Å². The van der Waals surface area contributed by atoms with Crippen molar-refractivity contribution in [1.82, 2.24) is 0 Å². The lowest BCUT2D eigenvalue weighted by molar-refractivity contribution is -0.117. The molecule has 0 saturated carbocycles. The number of carbonyl (C=O) groups is 2. The summed E-state index contributed by atoms with van der Waals surface area (Å²) in [7, 11) is 0. The molecule has 0 rings (SSSR count). The summed E-state index contributed by atoms with van der Waals surface area (Å²) in [5.41, 5.74) is 0.0845. The second-order valence-electron chi connectivity index (χ2n) is 1.90. The molecule has 62 valence electrons. The van der Waals surface area contributed by atoms with Crippen molar-refractivity contribution in [3.8, 4) is 0 Å². The van der Waals surface area contributed by atoms with Crippen molar-refractivity contribution < 1.29 is 9.59 Å². The van der Waals surface area contributed by atoms with Crippen LogP contribution in [0.2, 0.25) is 0 Å². The van der Waals surface area contributed by atoms with Gasteiger partial charge in [-0.1, -0.05) is 47.8 Å². The van der Waals surface area contributed by atoms with Gasteiger partial charge in [0.25, 0.3) is 0 Å². The lowest BCUT2D eigenvalue weighted by atomic mass is 10.2. The van der Waals surface area contributed by atoms with Gasteiger partial charge in [-0.25, -0.2) is 0 Å². The van der Waals surface area contributed by atoms with E-state index in [0.29, 0.717) is 6.29 Å². The lowest BCUT2D eigenvalue weighted by Gasteiger charge is -2.10. The van der Waals surface area contributed by atoms with Gasteiger partial charge in [0.05, 0.1) is 5.57 Å². The third-order valence-electron chi connectivity index (χ3n) is 0.905. The predicted molar refractivity (Wildman–Crippen MR) is 54.3 cm³/mol. The van der Waals surface area contributed by atoms with Crippen LogP contribution in [0.3, 0.4) is 0 Å². The smallest absolute Gasteiger partial charge is 0.193 e. The molecule has 0 atom stereocenters. The van der Waals surface area contributed by atoms with Gasteiger partial charge in [0.2, 0.25) is 0 Å². The molecule has 0 spiro atoms. The third-order valence-corrected chi connectivity index (χ3v) is 2.12. The van der Waals surface area contributed by atoms with Crippen LogP contribution < -0.4 is 0 Å². The van der Waals surface area contributed by atoms with Crippen LogP contribution in [0.5, 0.6) is 0 Å². The molecule has 2 nitrogen and oxygen atoms in total. The number of halogens is 3. The summed E-state index contributed by atoms with van der Waals surface area (Å²) in [5, 5.41) is 0. The molecule has 0 aromatic carbocycles. The number of hydrogen-bond donors (Lipinski definition) is 0. The van der Waals surface area contributed by atoms with Gasteiger partial charge in [0.1, 0.15) is 3.23 Å². The molecule has 0 fully saturated rings. The number of Topliss-reactive ketones (excluding diaryl/α,β-unsaturated/α-hetero) is 1. The molecule has 5 heteroatoms. The van der Waals surface area contributed by atoms with Gasteiger partial charge in [0, 0.05) is 0 Å². The normalized spacial score (nSPS) is 12.9. The van der Waals surface area contributed by atoms with E-state index in [0.717, 1.165) is 0 Å². The molecular weight excluding hydrogens is 344 g/mol. The van der Waals surface area contributed by atoms with Crippen molar-refractivity contribution >= 4 is 59.9 Å². The molecule has 0 amide bonds. The van der Waals surface area contributed by atoms with Crippen LogP contribution in [0, 0.1) is 0 Å². The van der Waals surface area contributed by atoms with E-state index < -0.39 is 3.23 Å². The number of ketones is 1. The number of rotatable bonds is 3. The van der Waals surface area contributed by atoms with Gasteiger partial charge in [-0.2, -0.15) is 0 Å². The summed E-state index contributed by atoms with van der Waals surface area (Å²) in [5.74, 6) is -0.315. The van der Waals surface area contributed by atoms with Crippen LogP contribution in [0.4, 0.5) is 0 Å². The van der Waals surface area contributed by atoms with Crippen LogP contribution in [-0.4, -0.2) is 15.3 Å². The fraction of sp³-hybridized carbons (Fsp3) is 0.333. The summed E-state index contributed by atoms with van der Waals surface area (Å²) in [6.45, 7) is 1.61. The SMILES string of the molecule is CC(Br)(Br)C(=O)C(C=O)=CBr. The molecule has 0 radical (unpaired) electrons. The minimum atomic E-state index is -0.861. The minimum absolute atomic E-state index is 0.0845. The Morgan fingerprint density at radius 2 is 1.91 bits per heavy atom. The zero-order chi connectivity index (χ0) is 9.07. The van der Waals surface area contributed by atoms with Gasteiger partial charge >= 0.3 is 0 Å². The first-order valence-corrected chi connectivity index (χ1v) is 5.12. The number of allylic oxidation sites excluding steroid dienone is 1. The monoisotopic (exact) mass is 346 g/mol. The number of alkyl halides is 2. The van der Waals surface area contributed by atoms with Crippen LogP contribution >= 0.6 is 47.8 Å². The first-order chi connectivity index (χ1) is 4.93. The Labute approximate surface area is 89.8 Å². The van der Waals surface area contributed by atoms with E-state index in [2.05, 4.69) is 47.8 Å². The predicted octanol–water partition coefficient (Wildman–Crippen LogP) is 2.54. The van der Waals surface area contributed by atoms with E-state index in [9.17, 15) is 9.59 Å². The van der Waals surface area contributed by atoms with E-state index >= 15 is 0 Å². The zero-order valence-corrected chi connectivity index (χ0v) is 10.4. The van der Waals surface area contributed by atoms with Crippen LogP contribution in [0.15, 0.2) is 10.6 Å². The van der Waals surface area contributed by atoms with E-state index in [1.165, 1.54) is 4.99 Å². The molecule has 0 aliphatic heterocycles. The molecule has 0 N–H and O–H groups in total. The van der Waals surface area contributed by atoms with E-state index in [1.807, 2.05) is 0 Å². The average molecular weight is 349 g/mol. The summed E-state index contributed by atoms with van der Waals surface area (Å²) in [6, 6.07) is 0. The Morgan fingerprint density at radius 1 is 1.45 bits per heavy atom. The fourth-order valence-corrected chi connectivity index (χ4v) is 1.16. The topological polar surface area (TPSA) is 34.1 Å². The second-order valence-corrected chi connectivity index (χ2v) is 6.59. The number of hydrogen-bond acceptors (Lipinski definition) is 2. The average Bonchev–Trinajstić information content (AvgIpc) is 1.88. The quantitative estimate of drug-likeness (QED) is 0.258. The molecule has 0 heterocycles. The Bertz CT molecular complexity index is 202. The molecule has 0 aromatic rings. The van der Waals surface area contributed by atoms with Crippen molar-refractivity contribution in [2.75, 3.05) is 0 Å². The Kier molecular flexibility index (Phi) is 4.74.